The van der Waals surface area contributed by atoms with Crippen molar-refractivity contribution >= 4 is 16.5 Å². The highest BCUT2D eigenvalue weighted by molar-refractivity contribution is 7.16. The fourth-order valence-electron chi connectivity index (χ4n) is 3.09. The molecule has 0 bridgehead atoms. The molecular formula is C17H19F4N3S. The number of likely N-dealkylation sites (tertiary alicyclic amines) is 1. The molecular weight excluding hydrogens is 354 g/mol. The molecule has 1 saturated heterocycles. The van der Waals surface area contributed by atoms with Crippen molar-refractivity contribution in [3.8, 4) is 11.3 Å². The summed E-state index contributed by atoms with van der Waals surface area (Å²) in [5.74, 6) is -0.913. The van der Waals surface area contributed by atoms with E-state index in [-0.39, 0.29) is 5.56 Å². The van der Waals surface area contributed by atoms with E-state index < -0.39 is 17.6 Å². The summed E-state index contributed by atoms with van der Waals surface area (Å²) in [6.45, 7) is 3.69. The van der Waals surface area contributed by atoms with Gasteiger partial charge < -0.3 is 5.32 Å². The Morgan fingerprint density at radius 1 is 1.32 bits per heavy atom. The number of rotatable bonds is 4. The predicted molar refractivity (Wildman–Crippen MR) is 91.2 cm³/mol. The Morgan fingerprint density at radius 3 is 2.68 bits per heavy atom. The molecule has 0 amide bonds. The second-order valence-corrected chi connectivity index (χ2v) is 7.31. The third-order valence-corrected chi connectivity index (χ3v) is 5.50. The van der Waals surface area contributed by atoms with E-state index in [0.717, 1.165) is 36.4 Å². The summed E-state index contributed by atoms with van der Waals surface area (Å²) >= 11 is 1.39. The Balaban J connectivity index is 2.01. The van der Waals surface area contributed by atoms with E-state index in [1.807, 2.05) is 0 Å². The van der Waals surface area contributed by atoms with Gasteiger partial charge in [-0.1, -0.05) is 0 Å². The fourth-order valence-corrected chi connectivity index (χ4v) is 4.06. The van der Waals surface area contributed by atoms with Crippen LogP contribution in [-0.4, -0.2) is 29.5 Å². The van der Waals surface area contributed by atoms with E-state index in [1.165, 1.54) is 11.3 Å². The molecule has 136 valence electrons. The van der Waals surface area contributed by atoms with E-state index in [0.29, 0.717) is 29.5 Å². The summed E-state index contributed by atoms with van der Waals surface area (Å²) in [5, 5.41) is 3.53. The molecule has 0 spiro atoms. The highest BCUT2D eigenvalue weighted by Gasteiger charge is 2.32. The van der Waals surface area contributed by atoms with Gasteiger partial charge in [0.1, 0.15) is 5.82 Å². The number of halogens is 4. The first-order chi connectivity index (χ1) is 11.8. The fraction of sp³-hybridized carbons (Fsp3) is 0.471. The van der Waals surface area contributed by atoms with Crippen LogP contribution in [0, 0.1) is 5.82 Å². The van der Waals surface area contributed by atoms with Crippen LogP contribution in [0.5, 0.6) is 0 Å². The lowest BCUT2D eigenvalue weighted by atomic mass is 10.1. The number of aromatic nitrogens is 1. The molecule has 0 radical (unpaired) electrons. The lowest BCUT2D eigenvalue weighted by Crippen LogP contribution is -2.25. The number of nitrogens with one attached hydrogen (secondary N) is 1. The van der Waals surface area contributed by atoms with Crippen LogP contribution in [-0.2, 0) is 12.7 Å². The molecule has 2 heterocycles. The van der Waals surface area contributed by atoms with Gasteiger partial charge >= 0.3 is 6.18 Å². The summed E-state index contributed by atoms with van der Waals surface area (Å²) in [6, 6.07) is 3.01. The maximum Gasteiger partial charge on any atom is 0.416 e. The van der Waals surface area contributed by atoms with E-state index in [9.17, 15) is 17.6 Å². The number of hydrogen-bond acceptors (Lipinski definition) is 4. The van der Waals surface area contributed by atoms with Gasteiger partial charge in [0.15, 0.2) is 5.13 Å². The zero-order valence-corrected chi connectivity index (χ0v) is 14.8. The van der Waals surface area contributed by atoms with Crippen molar-refractivity contribution in [3.05, 3.63) is 34.5 Å². The van der Waals surface area contributed by atoms with Crippen molar-refractivity contribution in [1.82, 2.24) is 9.88 Å². The lowest BCUT2D eigenvalue weighted by molar-refractivity contribution is -0.137. The zero-order chi connectivity index (χ0) is 18.2. The number of nitrogens with zero attached hydrogens (tertiary/aromatic N) is 2. The van der Waals surface area contributed by atoms with Crippen LogP contribution in [0.3, 0.4) is 0 Å². The van der Waals surface area contributed by atoms with Crippen molar-refractivity contribution in [2.45, 2.75) is 38.5 Å². The Bertz CT molecular complexity index is 757. The van der Waals surface area contributed by atoms with Gasteiger partial charge in [0.2, 0.25) is 0 Å². The van der Waals surface area contributed by atoms with Crippen molar-refractivity contribution in [1.29, 1.82) is 0 Å². The minimum atomic E-state index is -4.59. The number of alkyl halides is 3. The molecule has 1 fully saturated rings. The first kappa shape index (κ1) is 18.1. The minimum absolute atomic E-state index is 0.159. The standard InChI is InChI=1S/C17H19F4N3S/c1-10-4-3-5-24(10)9-14-15(23-16(22-2)25-14)11-6-12(17(19,20)21)8-13(18)7-11/h6-8,10H,3-5,9H2,1-2H3,(H,22,23). The molecule has 0 saturated carbocycles. The maximum atomic E-state index is 13.8. The molecule has 1 aromatic heterocycles. The molecule has 1 unspecified atom stereocenters. The topological polar surface area (TPSA) is 28.2 Å². The normalized spacial score (nSPS) is 18.7. The summed E-state index contributed by atoms with van der Waals surface area (Å²) in [6.07, 6.45) is -2.39. The predicted octanol–water partition coefficient (Wildman–Crippen LogP) is 4.99. The quantitative estimate of drug-likeness (QED) is 0.765. The van der Waals surface area contributed by atoms with Crippen molar-refractivity contribution < 1.29 is 17.6 Å². The largest absolute Gasteiger partial charge is 0.416 e. The summed E-state index contributed by atoms with van der Waals surface area (Å²) < 4.78 is 52.8. The summed E-state index contributed by atoms with van der Waals surface area (Å²) in [4.78, 5) is 7.50. The van der Waals surface area contributed by atoms with Crippen LogP contribution < -0.4 is 5.32 Å². The Labute approximate surface area is 147 Å². The van der Waals surface area contributed by atoms with Gasteiger partial charge in [-0.25, -0.2) is 9.37 Å². The first-order valence-corrected chi connectivity index (χ1v) is 8.89. The Hall–Kier alpha value is -1.67. The second kappa shape index (κ2) is 6.92. The number of thiazole rings is 1. The lowest BCUT2D eigenvalue weighted by Gasteiger charge is -2.20. The van der Waals surface area contributed by atoms with E-state index in [1.54, 1.807) is 7.05 Å². The van der Waals surface area contributed by atoms with Crippen LogP contribution in [0.25, 0.3) is 11.3 Å². The molecule has 1 N–H and O–H groups in total. The second-order valence-electron chi connectivity index (χ2n) is 6.23. The molecule has 2 aromatic rings. The van der Waals surface area contributed by atoms with Gasteiger partial charge in [0.05, 0.1) is 11.3 Å². The Kier molecular flexibility index (Phi) is 5.02. The van der Waals surface area contributed by atoms with Crippen LogP contribution in [0.15, 0.2) is 18.2 Å². The third kappa shape index (κ3) is 3.95. The average molecular weight is 373 g/mol. The van der Waals surface area contributed by atoms with Gasteiger partial charge in [-0.05, 0) is 44.5 Å². The number of hydrogen-bond donors (Lipinski definition) is 1. The SMILES string of the molecule is CNc1nc(-c2cc(F)cc(C(F)(F)F)c2)c(CN2CCCC2C)s1. The van der Waals surface area contributed by atoms with Gasteiger partial charge in [-0.15, -0.1) is 11.3 Å². The first-order valence-electron chi connectivity index (χ1n) is 8.07. The molecule has 3 rings (SSSR count). The molecule has 1 atom stereocenters. The van der Waals surface area contributed by atoms with Gasteiger partial charge in [-0.3, -0.25) is 4.90 Å². The smallest absolute Gasteiger partial charge is 0.365 e. The van der Waals surface area contributed by atoms with Crippen molar-refractivity contribution in [2.24, 2.45) is 0 Å². The number of anilines is 1. The maximum absolute atomic E-state index is 13.8. The van der Waals surface area contributed by atoms with E-state index in [4.69, 9.17) is 0 Å². The summed E-state index contributed by atoms with van der Waals surface area (Å²) in [7, 11) is 1.71. The van der Waals surface area contributed by atoms with Crippen LogP contribution in [0.4, 0.5) is 22.7 Å². The van der Waals surface area contributed by atoms with E-state index >= 15 is 0 Å². The van der Waals surface area contributed by atoms with E-state index in [2.05, 4.69) is 22.1 Å². The van der Waals surface area contributed by atoms with Gasteiger partial charge in [-0.2, -0.15) is 13.2 Å². The van der Waals surface area contributed by atoms with Gasteiger partial charge in [0.25, 0.3) is 0 Å². The van der Waals surface area contributed by atoms with Crippen molar-refractivity contribution in [3.63, 3.8) is 0 Å². The molecule has 25 heavy (non-hydrogen) atoms. The molecule has 0 aliphatic carbocycles. The molecule has 3 nitrogen and oxygen atoms in total. The van der Waals surface area contributed by atoms with Crippen molar-refractivity contribution in [2.75, 3.05) is 18.9 Å². The highest BCUT2D eigenvalue weighted by Crippen LogP contribution is 2.37. The molecule has 1 aliphatic rings. The summed E-state index contributed by atoms with van der Waals surface area (Å²) in [5.41, 5.74) is -0.424. The molecule has 1 aromatic carbocycles. The third-order valence-electron chi connectivity index (χ3n) is 4.45. The van der Waals surface area contributed by atoms with Crippen LogP contribution in [0.1, 0.15) is 30.2 Å². The molecule has 1 aliphatic heterocycles. The number of benzene rings is 1. The van der Waals surface area contributed by atoms with Gasteiger partial charge in [0, 0.05) is 30.1 Å². The zero-order valence-electron chi connectivity index (χ0n) is 14.0. The minimum Gasteiger partial charge on any atom is -0.365 e. The Morgan fingerprint density at radius 2 is 2.08 bits per heavy atom. The molecule has 8 heteroatoms. The van der Waals surface area contributed by atoms with Crippen LogP contribution >= 0.6 is 11.3 Å². The monoisotopic (exact) mass is 373 g/mol. The van der Waals surface area contributed by atoms with Crippen LogP contribution in [0.2, 0.25) is 0 Å². The average Bonchev–Trinajstić information content (AvgIpc) is 3.13. The highest BCUT2D eigenvalue weighted by atomic mass is 32.1.